The molecule has 0 radical (unpaired) electrons. The van der Waals surface area contributed by atoms with Crippen molar-refractivity contribution in [1.82, 2.24) is 0 Å². The van der Waals surface area contributed by atoms with E-state index in [-0.39, 0.29) is 11.0 Å². The number of thiophene rings is 1. The predicted octanol–water partition coefficient (Wildman–Crippen LogP) is 3.33. The molecule has 0 aliphatic carbocycles. The Balaban J connectivity index is 2.95. The Kier molecular flexibility index (Phi) is 3.07. The van der Waals surface area contributed by atoms with Crippen LogP contribution in [0.25, 0.3) is 0 Å². The summed E-state index contributed by atoms with van der Waals surface area (Å²) < 4.78 is 0. The van der Waals surface area contributed by atoms with Crippen molar-refractivity contribution in [2.75, 3.05) is 0 Å². The van der Waals surface area contributed by atoms with Crippen LogP contribution in [0.15, 0.2) is 11.4 Å². The molecule has 0 unspecified atom stereocenters. The van der Waals surface area contributed by atoms with Gasteiger partial charge in [0.2, 0.25) is 0 Å². The fourth-order valence-electron chi connectivity index (χ4n) is 1.62. The van der Waals surface area contributed by atoms with Crippen molar-refractivity contribution < 1.29 is 0 Å². The second-order valence-corrected chi connectivity index (χ2v) is 6.61. The first-order valence-corrected chi connectivity index (χ1v) is 5.94. The average molecular weight is 211 g/mol. The molecule has 2 N–H and O–H groups in total. The van der Waals surface area contributed by atoms with Crippen molar-refractivity contribution in [1.29, 1.82) is 0 Å². The van der Waals surface area contributed by atoms with Crippen molar-refractivity contribution >= 4 is 11.3 Å². The molecule has 0 amide bonds. The van der Waals surface area contributed by atoms with Crippen molar-refractivity contribution in [2.24, 2.45) is 5.73 Å². The van der Waals surface area contributed by atoms with Crippen molar-refractivity contribution in [3.63, 3.8) is 0 Å². The molecule has 0 spiro atoms. The zero-order valence-electron chi connectivity index (χ0n) is 9.85. The van der Waals surface area contributed by atoms with E-state index in [0.717, 1.165) is 6.42 Å². The third-order valence-electron chi connectivity index (χ3n) is 2.07. The highest BCUT2D eigenvalue weighted by Crippen LogP contribution is 2.32. The molecule has 0 saturated carbocycles. The lowest BCUT2D eigenvalue weighted by molar-refractivity contribution is 0.507. The maximum Gasteiger partial charge on any atom is 0.0138 e. The van der Waals surface area contributed by atoms with Gasteiger partial charge in [-0.15, -0.1) is 11.3 Å². The van der Waals surface area contributed by atoms with Gasteiger partial charge in [0.25, 0.3) is 0 Å². The van der Waals surface area contributed by atoms with E-state index in [4.69, 9.17) is 5.73 Å². The van der Waals surface area contributed by atoms with Crippen LogP contribution >= 0.6 is 11.3 Å². The highest BCUT2D eigenvalue weighted by Gasteiger charge is 2.22. The van der Waals surface area contributed by atoms with E-state index in [0.29, 0.717) is 0 Å². The monoisotopic (exact) mass is 211 g/mol. The zero-order valence-corrected chi connectivity index (χ0v) is 10.7. The third kappa shape index (κ3) is 3.10. The molecule has 1 heterocycles. The Bertz CT molecular complexity index is 299. The van der Waals surface area contributed by atoms with Crippen LogP contribution in [-0.4, -0.2) is 5.54 Å². The molecule has 0 aromatic carbocycles. The van der Waals surface area contributed by atoms with Crippen molar-refractivity contribution in [3.8, 4) is 0 Å². The Morgan fingerprint density at radius 2 is 1.79 bits per heavy atom. The highest BCUT2D eigenvalue weighted by atomic mass is 32.1. The van der Waals surface area contributed by atoms with Gasteiger partial charge in [0.05, 0.1) is 0 Å². The molecule has 0 fully saturated rings. The first-order chi connectivity index (χ1) is 6.20. The van der Waals surface area contributed by atoms with E-state index in [1.807, 2.05) is 11.3 Å². The fraction of sp³-hybridized carbons (Fsp3) is 0.667. The van der Waals surface area contributed by atoms with E-state index in [2.05, 4.69) is 46.1 Å². The molecule has 14 heavy (non-hydrogen) atoms. The fourth-order valence-corrected chi connectivity index (χ4v) is 2.64. The molecule has 0 aliphatic heterocycles. The summed E-state index contributed by atoms with van der Waals surface area (Å²) in [6.45, 7) is 10.9. The minimum absolute atomic E-state index is 0.110. The minimum Gasteiger partial charge on any atom is -0.325 e. The lowest BCUT2D eigenvalue weighted by Gasteiger charge is -2.23. The maximum atomic E-state index is 6.04. The largest absolute Gasteiger partial charge is 0.325 e. The lowest BCUT2D eigenvalue weighted by Crippen LogP contribution is -2.35. The van der Waals surface area contributed by atoms with Gasteiger partial charge in [-0.3, -0.25) is 0 Å². The molecule has 80 valence electrons. The Morgan fingerprint density at radius 1 is 1.21 bits per heavy atom. The number of hydrogen-bond donors (Lipinski definition) is 1. The molecular weight excluding hydrogens is 190 g/mol. The summed E-state index contributed by atoms with van der Waals surface area (Å²) in [5, 5.41) is 2.17. The quantitative estimate of drug-likeness (QED) is 0.798. The molecular formula is C12H21NS. The first kappa shape index (κ1) is 11.7. The maximum absolute atomic E-state index is 6.04. The van der Waals surface area contributed by atoms with Crippen LogP contribution in [0.3, 0.4) is 0 Å². The smallest absolute Gasteiger partial charge is 0.0138 e. The van der Waals surface area contributed by atoms with Gasteiger partial charge in [0.1, 0.15) is 0 Å². The van der Waals surface area contributed by atoms with E-state index in [9.17, 15) is 0 Å². The molecule has 1 aromatic rings. The molecule has 1 nitrogen and oxygen atoms in total. The van der Waals surface area contributed by atoms with E-state index in [1.54, 1.807) is 0 Å². The molecule has 1 rings (SSSR count). The van der Waals surface area contributed by atoms with Gasteiger partial charge in [-0.05, 0) is 42.7 Å². The van der Waals surface area contributed by atoms with E-state index in [1.165, 1.54) is 10.4 Å². The van der Waals surface area contributed by atoms with Crippen LogP contribution in [0.2, 0.25) is 0 Å². The second-order valence-electron chi connectivity index (χ2n) is 5.69. The SMILES string of the molecule is CC(C)(N)Cc1ccsc1C(C)(C)C. The third-order valence-corrected chi connectivity index (χ3v) is 3.46. The summed E-state index contributed by atoms with van der Waals surface area (Å²) in [6, 6.07) is 2.21. The standard InChI is InChI=1S/C12H21NS/c1-11(2,3)10-9(6-7-14-10)8-12(4,5)13/h6-7H,8,13H2,1-5H3. The zero-order chi connectivity index (χ0) is 11.0. The summed E-state index contributed by atoms with van der Waals surface area (Å²) >= 11 is 1.84. The van der Waals surface area contributed by atoms with Crippen LogP contribution in [0.5, 0.6) is 0 Å². The molecule has 0 atom stereocenters. The summed E-state index contributed by atoms with van der Waals surface area (Å²) in [4.78, 5) is 1.47. The number of hydrogen-bond acceptors (Lipinski definition) is 2. The van der Waals surface area contributed by atoms with Crippen LogP contribution < -0.4 is 5.73 Å². The van der Waals surface area contributed by atoms with Crippen molar-refractivity contribution in [3.05, 3.63) is 21.9 Å². The Labute approximate surface area is 91.3 Å². The first-order valence-electron chi connectivity index (χ1n) is 5.06. The van der Waals surface area contributed by atoms with Gasteiger partial charge < -0.3 is 5.73 Å². The van der Waals surface area contributed by atoms with E-state index < -0.39 is 0 Å². The molecule has 0 aliphatic rings. The molecule has 2 heteroatoms. The molecule has 1 aromatic heterocycles. The van der Waals surface area contributed by atoms with Gasteiger partial charge in [-0.1, -0.05) is 20.8 Å². The van der Waals surface area contributed by atoms with Gasteiger partial charge in [0, 0.05) is 10.4 Å². The number of nitrogens with two attached hydrogens (primary N) is 1. The summed E-state index contributed by atoms with van der Waals surface area (Å²) in [6.07, 6.45) is 0.961. The summed E-state index contributed by atoms with van der Waals surface area (Å²) in [7, 11) is 0. The molecule has 0 bridgehead atoms. The Morgan fingerprint density at radius 3 is 2.21 bits per heavy atom. The predicted molar refractivity (Wildman–Crippen MR) is 65.0 cm³/mol. The summed E-state index contributed by atoms with van der Waals surface area (Å²) in [5.41, 5.74) is 7.59. The highest BCUT2D eigenvalue weighted by molar-refractivity contribution is 7.10. The summed E-state index contributed by atoms with van der Waals surface area (Å²) in [5.74, 6) is 0. The van der Waals surface area contributed by atoms with Gasteiger partial charge in [-0.25, -0.2) is 0 Å². The van der Waals surface area contributed by atoms with Crippen LogP contribution in [0.4, 0.5) is 0 Å². The second kappa shape index (κ2) is 3.67. The van der Waals surface area contributed by atoms with Crippen LogP contribution in [0.1, 0.15) is 45.1 Å². The van der Waals surface area contributed by atoms with Crippen LogP contribution in [0, 0.1) is 0 Å². The van der Waals surface area contributed by atoms with Gasteiger partial charge in [0.15, 0.2) is 0 Å². The van der Waals surface area contributed by atoms with Gasteiger partial charge in [-0.2, -0.15) is 0 Å². The van der Waals surface area contributed by atoms with Crippen molar-refractivity contribution in [2.45, 2.75) is 52.0 Å². The minimum atomic E-state index is -0.110. The van der Waals surface area contributed by atoms with E-state index >= 15 is 0 Å². The Hall–Kier alpha value is -0.340. The lowest BCUT2D eigenvalue weighted by atomic mass is 9.87. The topological polar surface area (TPSA) is 26.0 Å². The average Bonchev–Trinajstić information content (AvgIpc) is 2.29. The van der Waals surface area contributed by atoms with Crippen LogP contribution in [-0.2, 0) is 11.8 Å². The normalized spacial score (nSPS) is 13.3. The van der Waals surface area contributed by atoms with Gasteiger partial charge >= 0.3 is 0 Å². The molecule has 0 saturated heterocycles. The number of rotatable bonds is 2.